The van der Waals surface area contributed by atoms with Crippen LogP contribution in [0.25, 0.3) is 0 Å². The quantitative estimate of drug-likeness (QED) is 0.687. The fourth-order valence-electron chi connectivity index (χ4n) is 5.44. The van der Waals surface area contributed by atoms with E-state index in [2.05, 4.69) is 10.6 Å². The summed E-state index contributed by atoms with van der Waals surface area (Å²) in [5.74, 6) is 0.776. The molecule has 0 unspecified atom stereocenters. The Bertz CT molecular complexity index is 481. The van der Waals surface area contributed by atoms with Crippen molar-refractivity contribution in [1.29, 1.82) is 0 Å². The summed E-state index contributed by atoms with van der Waals surface area (Å²) in [7, 11) is 0. The van der Waals surface area contributed by atoms with E-state index in [1.54, 1.807) is 0 Å². The number of nitrogens with one attached hydrogen (secondary N) is 2. The number of aliphatic carboxylic acids is 1. The minimum atomic E-state index is -1.08. The zero-order chi connectivity index (χ0) is 16.6. The molecule has 4 aliphatic carbocycles. The summed E-state index contributed by atoms with van der Waals surface area (Å²) in [5, 5.41) is 13.7. The smallest absolute Gasteiger partial charge is 0.325 e. The Balaban J connectivity index is 1.46. The first-order valence-corrected chi connectivity index (χ1v) is 8.64. The summed E-state index contributed by atoms with van der Waals surface area (Å²) < 4.78 is 0. The highest BCUT2D eigenvalue weighted by atomic mass is 16.4. The van der Waals surface area contributed by atoms with Crippen LogP contribution in [0.4, 0.5) is 0 Å². The average molecular weight is 322 g/mol. The van der Waals surface area contributed by atoms with Crippen LogP contribution in [0.5, 0.6) is 0 Å². The van der Waals surface area contributed by atoms with E-state index in [0.29, 0.717) is 6.42 Å². The highest BCUT2D eigenvalue weighted by Crippen LogP contribution is 2.61. The van der Waals surface area contributed by atoms with Crippen molar-refractivity contribution in [1.82, 2.24) is 10.6 Å². The second kappa shape index (κ2) is 6.13. The van der Waals surface area contributed by atoms with E-state index in [1.807, 2.05) is 0 Å². The van der Waals surface area contributed by atoms with Gasteiger partial charge in [0.2, 0.25) is 11.8 Å². The Morgan fingerprint density at radius 2 is 1.57 bits per heavy atom. The van der Waals surface area contributed by atoms with Crippen molar-refractivity contribution in [2.45, 2.75) is 57.9 Å². The molecule has 4 fully saturated rings. The number of rotatable bonds is 6. The van der Waals surface area contributed by atoms with Gasteiger partial charge in [0.25, 0.3) is 0 Å². The van der Waals surface area contributed by atoms with Gasteiger partial charge >= 0.3 is 5.97 Å². The summed E-state index contributed by atoms with van der Waals surface area (Å²) in [6, 6.07) is -0.942. The van der Waals surface area contributed by atoms with Crippen LogP contribution in [0, 0.1) is 23.2 Å². The Hall–Kier alpha value is -1.59. The van der Waals surface area contributed by atoms with E-state index >= 15 is 0 Å². The molecule has 23 heavy (non-hydrogen) atoms. The fraction of sp³-hybridized carbons (Fsp3) is 0.824. The molecule has 0 aromatic carbocycles. The van der Waals surface area contributed by atoms with Crippen molar-refractivity contribution in [2.24, 2.45) is 23.2 Å². The van der Waals surface area contributed by atoms with Gasteiger partial charge in [-0.2, -0.15) is 0 Å². The first-order chi connectivity index (χ1) is 10.8. The summed E-state index contributed by atoms with van der Waals surface area (Å²) in [6.07, 6.45) is 8.03. The highest BCUT2D eigenvalue weighted by molar-refractivity contribution is 5.87. The third kappa shape index (κ3) is 3.67. The zero-order valence-electron chi connectivity index (χ0n) is 13.6. The van der Waals surface area contributed by atoms with Gasteiger partial charge in [0, 0.05) is 6.42 Å². The molecular weight excluding hydrogens is 296 g/mol. The number of carbonyl (C=O) groups excluding carboxylic acids is 2. The Morgan fingerprint density at radius 3 is 2.04 bits per heavy atom. The molecule has 0 heterocycles. The van der Waals surface area contributed by atoms with Gasteiger partial charge in [0.1, 0.15) is 6.04 Å². The van der Waals surface area contributed by atoms with Crippen LogP contribution in [0.3, 0.4) is 0 Å². The summed E-state index contributed by atoms with van der Waals surface area (Å²) in [5.41, 5.74) is 0.156. The molecule has 4 bridgehead atoms. The topological polar surface area (TPSA) is 95.5 Å². The van der Waals surface area contributed by atoms with Crippen LogP contribution in [0.1, 0.15) is 51.9 Å². The SMILES string of the molecule is C[C@@H](NC(=O)CNC(=O)CC12CC3CC(CC(C3)C1)C2)C(=O)O. The summed E-state index contributed by atoms with van der Waals surface area (Å²) >= 11 is 0. The molecular formula is C17H26N2O4. The van der Waals surface area contributed by atoms with Gasteiger partial charge in [-0.25, -0.2) is 0 Å². The molecule has 6 heteroatoms. The highest BCUT2D eigenvalue weighted by Gasteiger charge is 2.51. The van der Waals surface area contributed by atoms with Crippen LogP contribution in [-0.2, 0) is 14.4 Å². The molecule has 0 aromatic rings. The van der Waals surface area contributed by atoms with Gasteiger partial charge in [-0.3, -0.25) is 14.4 Å². The van der Waals surface area contributed by atoms with E-state index in [0.717, 1.165) is 37.0 Å². The van der Waals surface area contributed by atoms with E-state index < -0.39 is 17.9 Å². The Kier molecular flexibility index (Phi) is 4.34. The third-order valence-electron chi connectivity index (χ3n) is 5.89. The Morgan fingerprint density at radius 1 is 1.04 bits per heavy atom. The molecule has 0 aliphatic heterocycles. The van der Waals surface area contributed by atoms with Crippen LogP contribution in [0.2, 0.25) is 0 Å². The molecule has 4 aliphatic rings. The minimum absolute atomic E-state index is 0.0786. The average Bonchev–Trinajstić information content (AvgIpc) is 2.43. The first kappa shape index (κ1) is 16.3. The second-order valence-electron chi connectivity index (χ2n) is 8.00. The lowest BCUT2D eigenvalue weighted by Crippen LogP contribution is -2.49. The molecule has 4 rings (SSSR count). The summed E-state index contributed by atoms with van der Waals surface area (Å²) in [4.78, 5) is 34.6. The summed E-state index contributed by atoms with van der Waals surface area (Å²) in [6.45, 7) is 1.25. The minimum Gasteiger partial charge on any atom is -0.480 e. The molecule has 6 nitrogen and oxygen atoms in total. The van der Waals surface area contributed by atoms with Gasteiger partial charge in [-0.15, -0.1) is 0 Å². The van der Waals surface area contributed by atoms with E-state index in [4.69, 9.17) is 5.11 Å². The number of carboxylic acids is 1. The van der Waals surface area contributed by atoms with Crippen molar-refractivity contribution >= 4 is 17.8 Å². The monoisotopic (exact) mass is 322 g/mol. The molecule has 1 atom stereocenters. The molecule has 3 N–H and O–H groups in total. The van der Waals surface area contributed by atoms with E-state index in [-0.39, 0.29) is 17.9 Å². The van der Waals surface area contributed by atoms with Gasteiger partial charge in [-0.05, 0) is 68.6 Å². The third-order valence-corrected chi connectivity index (χ3v) is 5.89. The number of hydrogen-bond donors (Lipinski definition) is 3. The van der Waals surface area contributed by atoms with Crippen molar-refractivity contribution in [3.63, 3.8) is 0 Å². The number of carbonyl (C=O) groups is 3. The van der Waals surface area contributed by atoms with Gasteiger partial charge < -0.3 is 15.7 Å². The maximum Gasteiger partial charge on any atom is 0.325 e. The maximum absolute atomic E-state index is 12.2. The van der Waals surface area contributed by atoms with E-state index in [1.165, 1.54) is 26.2 Å². The van der Waals surface area contributed by atoms with Crippen molar-refractivity contribution in [3.05, 3.63) is 0 Å². The molecule has 4 saturated carbocycles. The standard InChI is InChI=1S/C17H26N2O4/c1-10(16(22)23)19-15(21)9-18-14(20)8-17-5-11-2-12(6-17)4-13(3-11)7-17/h10-13H,2-9H2,1H3,(H,18,20)(H,19,21)(H,22,23)/t10-,11?,12?,13?,17?/m1/s1. The Labute approximate surface area is 136 Å². The lowest BCUT2D eigenvalue weighted by Gasteiger charge is -2.56. The van der Waals surface area contributed by atoms with Crippen molar-refractivity contribution in [2.75, 3.05) is 6.54 Å². The fourth-order valence-corrected chi connectivity index (χ4v) is 5.44. The van der Waals surface area contributed by atoms with Crippen molar-refractivity contribution in [3.8, 4) is 0 Å². The van der Waals surface area contributed by atoms with Gasteiger partial charge in [0.05, 0.1) is 6.54 Å². The number of amides is 2. The van der Waals surface area contributed by atoms with E-state index in [9.17, 15) is 14.4 Å². The van der Waals surface area contributed by atoms with Gasteiger partial charge in [0.15, 0.2) is 0 Å². The van der Waals surface area contributed by atoms with Gasteiger partial charge in [-0.1, -0.05) is 0 Å². The van der Waals surface area contributed by atoms with Crippen LogP contribution in [0.15, 0.2) is 0 Å². The van der Waals surface area contributed by atoms with Crippen LogP contribution < -0.4 is 10.6 Å². The van der Waals surface area contributed by atoms with Crippen LogP contribution in [-0.4, -0.2) is 35.5 Å². The lowest BCUT2D eigenvalue weighted by molar-refractivity contribution is -0.141. The molecule has 128 valence electrons. The van der Waals surface area contributed by atoms with Crippen molar-refractivity contribution < 1.29 is 19.5 Å². The normalized spacial score (nSPS) is 35.6. The number of carboxylic acid groups (broad SMARTS) is 1. The predicted molar refractivity (Wildman–Crippen MR) is 83.5 cm³/mol. The first-order valence-electron chi connectivity index (χ1n) is 8.64. The molecule has 0 spiro atoms. The molecule has 0 saturated heterocycles. The van der Waals surface area contributed by atoms with Crippen LogP contribution >= 0.6 is 0 Å². The molecule has 0 radical (unpaired) electrons. The number of hydrogen-bond acceptors (Lipinski definition) is 3. The predicted octanol–water partition coefficient (Wildman–Crippen LogP) is 1.30. The molecule has 0 aromatic heterocycles. The zero-order valence-corrected chi connectivity index (χ0v) is 13.6. The maximum atomic E-state index is 12.2. The lowest BCUT2D eigenvalue weighted by atomic mass is 9.49. The second-order valence-corrected chi connectivity index (χ2v) is 8.00. The molecule has 2 amide bonds. The largest absolute Gasteiger partial charge is 0.480 e.